The zero-order valence-corrected chi connectivity index (χ0v) is 17.2. The molecule has 0 saturated carbocycles. The molecule has 31 heavy (non-hydrogen) atoms. The van der Waals surface area contributed by atoms with Gasteiger partial charge < -0.3 is 14.2 Å². The van der Waals surface area contributed by atoms with Gasteiger partial charge in [0.2, 0.25) is 0 Å². The topological polar surface area (TPSA) is 108 Å². The lowest BCUT2D eigenvalue weighted by Gasteiger charge is -2.08. The summed E-state index contributed by atoms with van der Waals surface area (Å²) >= 11 is 0. The molecule has 0 saturated heterocycles. The summed E-state index contributed by atoms with van der Waals surface area (Å²) in [5.41, 5.74) is 4.05. The number of rotatable bonds is 10. The molecule has 1 amide bonds. The van der Waals surface area contributed by atoms with E-state index in [1.165, 1.54) is 0 Å². The molecule has 3 aromatic rings. The van der Waals surface area contributed by atoms with Crippen molar-refractivity contribution in [3.05, 3.63) is 78.4 Å². The van der Waals surface area contributed by atoms with Crippen molar-refractivity contribution < 1.29 is 19.0 Å². The Morgan fingerprint density at radius 3 is 1.68 bits per heavy atom. The maximum atomic E-state index is 11.4. The first-order valence-corrected chi connectivity index (χ1v) is 9.70. The van der Waals surface area contributed by atoms with Crippen LogP contribution in [0.2, 0.25) is 0 Å². The number of hydrogen-bond acceptors (Lipinski definition) is 7. The van der Waals surface area contributed by atoms with Gasteiger partial charge in [-0.2, -0.15) is 10.2 Å². The van der Waals surface area contributed by atoms with Crippen molar-refractivity contribution in [2.24, 2.45) is 16.1 Å². The zero-order chi connectivity index (χ0) is 21.9. The summed E-state index contributed by atoms with van der Waals surface area (Å²) in [6, 6.07) is 21.5. The average molecular weight is 420 g/mol. The summed E-state index contributed by atoms with van der Waals surface area (Å²) in [7, 11) is 1.62. The maximum absolute atomic E-state index is 11.4. The van der Waals surface area contributed by atoms with Gasteiger partial charge in [-0.25, -0.2) is 5.84 Å². The highest BCUT2D eigenvalue weighted by molar-refractivity contribution is 5.93. The van der Waals surface area contributed by atoms with Crippen molar-refractivity contribution in [2.75, 3.05) is 20.3 Å². The molecule has 8 nitrogen and oxygen atoms in total. The first-order chi connectivity index (χ1) is 15.2. The number of benzene rings is 3. The van der Waals surface area contributed by atoms with Gasteiger partial charge in [-0.1, -0.05) is 0 Å². The van der Waals surface area contributed by atoms with E-state index in [0.29, 0.717) is 30.9 Å². The lowest BCUT2D eigenvalue weighted by atomic mass is 10.2. The molecule has 0 fully saturated rings. The number of hydrazine groups is 1. The molecule has 160 valence electrons. The average Bonchev–Trinajstić information content (AvgIpc) is 2.83. The quantitative estimate of drug-likeness (QED) is 0.164. The number of carbonyl (C=O) groups excluding carboxylic acids is 1. The van der Waals surface area contributed by atoms with Crippen LogP contribution in [0.1, 0.15) is 16.8 Å². The molecule has 3 rings (SSSR count). The molecule has 8 heteroatoms. The molecule has 0 radical (unpaired) electrons. The number of carbonyl (C=O) groups is 1. The van der Waals surface area contributed by atoms with Gasteiger partial charge >= 0.3 is 0 Å². The lowest BCUT2D eigenvalue weighted by molar-refractivity contribution is 0.0953. The first kappa shape index (κ1) is 21.8. The number of ether oxygens (including phenoxy) is 3. The Morgan fingerprint density at radius 1 is 0.774 bits per heavy atom. The highest BCUT2D eigenvalue weighted by Gasteiger charge is 2.03. The minimum atomic E-state index is -0.340. The number of nitrogens with one attached hydrogen (secondary N) is 1. The van der Waals surface area contributed by atoms with Crippen molar-refractivity contribution >= 4 is 17.3 Å². The van der Waals surface area contributed by atoms with Gasteiger partial charge in [0.05, 0.1) is 31.7 Å². The van der Waals surface area contributed by atoms with Gasteiger partial charge in [-0.3, -0.25) is 10.2 Å². The minimum absolute atomic E-state index is 0.340. The summed E-state index contributed by atoms with van der Waals surface area (Å²) in [6.07, 6.45) is 0.712. The number of azo groups is 1. The van der Waals surface area contributed by atoms with Crippen LogP contribution < -0.4 is 25.5 Å². The molecule has 3 aromatic carbocycles. The van der Waals surface area contributed by atoms with E-state index < -0.39 is 0 Å². The molecule has 0 heterocycles. The maximum Gasteiger partial charge on any atom is 0.265 e. The Labute approximate surface area is 180 Å². The standard InChI is InChI=1S/C23H24N4O4/c1-29-20-11-5-18(6-12-20)26-27-19-7-13-22(14-8-19)31-16-2-15-30-21-9-3-17(4-10-21)23(28)25-24/h3-14H,2,15-16,24H2,1H3,(H,25,28). The van der Waals surface area contributed by atoms with Crippen molar-refractivity contribution in [3.8, 4) is 17.2 Å². The van der Waals surface area contributed by atoms with E-state index in [9.17, 15) is 4.79 Å². The third kappa shape index (κ3) is 6.83. The predicted molar refractivity (Wildman–Crippen MR) is 117 cm³/mol. The lowest BCUT2D eigenvalue weighted by Crippen LogP contribution is -2.29. The van der Waals surface area contributed by atoms with Crippen LogP contribution in [0.5, 0.6) is 17.2 Å². The molecule has 0 aliphatic heterocycles. The molecular formula is C23H24N4O4. The van der Waals surface area contributed by atoms with Gasteiger partial charge in [0, 0.05) is 12.0 Å². The molecule has 3 N–H and O–H groups in total. The van der Waals surface area contributed by atoms with Crippen LogP contribution in [-0.4, -0.2) is 26.2 Å². The number of nitrogens with zero attached hydrogens (tertiary/aromatic N) is 2. The normalized spacial score (nSPS) is 10.6. The Balaban J connectivity index is 1.38. The second kappa shape index (κ2) is 11.3. The van der Waals surface area contributed by atoms with Crippen LogP contribution in [0.15, 0.2) is 83.0 Å². The fraction of sp³-hybridized carbons (Fsp3) is 0.174. The van der Waals surface area contributed by atoms with E-state index in [-0.39, 0.29) is 5.91 Å². The monoisotopic (exact) mass is 420 g/mol. The summed E-state index contributed by atoms with van der Waals surface area (Å²) < 4.78 is 16.5. The van der Waals surface area contributed by atoms with Crippen molar-refractivity contribution in [1.82, 2.24) is 5.43 Å². The molecule has 0 atom stereocenters. The van der Waals surface area contributed by atoms with Crippen LogP contribution in [0, 0.1) is 0 Å². The van der Waals surface area contributed by atoms with Gasteiger partial charge in [0.1, 0.15) is 17.2 Å². The zero-order valence-electron chi connectivity index (χ0n) is 17.2. The number of methoxy groups -OCH3 is 1. The third-order valence-electron chi connectivity index (χ3n) is 4.26. The Bertz CT molecular complexity index is 988. The Kier molecular flexibility index (Phi) is 7.96. The smallest absolute Gasteiger partial charge is 0.265 e. The largest absolute Gasteiger partial charge is 0.497 e. The van der Waals surface area contributed by atoms with Crippen LogP contribution in [-0.2, 0) is 0 Å². The summed E-state index contributed by atoms with van der Waals surface area (Å²) in [4.78, 5) is 11.4. The van der Waals surface area contributed by atoms with E-state index in [1.54, 1.807) is 31.4 Å². The molecule has 0 bridgehead atoms. The number of amides is 1. The van der Waals surface area contributed by atoms with Crippen LogP contribution in [0.4, 0.5) is 11.4 Å². The molecule has 0 aliphatic rings. The van der Waals surface area contributed by atoms with E-state index in [2.05, 4.69) is 15.7 Å². The van der Waals surface area contributed by atoms with Crippen molar-refractivity contribution in [3.63, 3.8) is 0 Å². The SMILES string of the molecule is COc1ccc(N=Nc2ccc(OCCCOc3ccc(C(=O)NN)cc3)cc2)cc1. The van der Waals surface area contributed by atoms with Gasteiger partial charge in [-0.15, -0.1) is 0 Å². The third-order valence-corrected chi connectivity index (χ3v) is 4.26. The van der Waals surface area contributed by atoms with Gasteiger partial charge in [-0.05, 0) is 72.8 Å². The molecular weight excluding hydrogens is 396 g/mol. The predicted octanol–water partition coefficient (Wildman–Crippen LogP) is 4.56. The second-order valence-electron chi connectivity index (χ2n) is 6.44. The van der Waals surface area contributed by atoms with Crippen LogP contribution in [0.25, 0.3) is 0 Å². The fourth-order valence-electron chi connectivity index (χ4n) is 2.60. The number of nitrogens with two attached hydrogens (primary N) is 1. The van der Waals surface area contributed by atoms with Gasteiger partial charge in [0.15, 0.2) is 0 Å². The Morgan fingerprint density at radius 2 is 1.23 bits per heavy atom. The first-order valence-electron chi connectivity index (χ1n) is 9.70. The fourth-order valence-corrected chi connectivity index (χ4v) is 2.60. The van der Waals surface area contributed by atoms with E-state index in [1.807, 2.05) is 48.5 Å². The van der Waals surface area contributed by atoms with E-state index >= 15 is 0 Å². The number of nitrogen functional groups attached to an aromatic ring is 1. The second-order valence-corrected chi connectivity index (χ2v) is 6.44. The van der Waals surface area contributed by atoms with Crippen molar-refractivity contribution in [1.29, 1.82) is 0 Å². The highest BCUT2D eigenvalue weighted by atomic mass is 16.5. The van der Waals surface area contributed by atoms with E-state index in [4.69, 9.17) is 20.1 Å². The summed E-state index contributed by atoms with van der Waals surface area (Å²) in [6.45, 7) is 1.01. The minimum Gasteiger partial charge on any atom is -0.497 e. The molecule has 0 unspecified atom stereocenters. The van der Waals surface area contributed by atoms with Crippen LogP contribution >= 0.6 is 0 Å². The number of hydrogen-bond donors (Lipinski definition) is 2. The van der Waals surface area contributed by atoms with Gasteiger partial charge in [0.25, 0.3) is 5.91 Å². The highest BCUT2D eigenvalue weighted by Crippen LogP contribution is 2.23. The molecule has 0 aliphatic carbocycles. The Hall–Kier alpha value is -3.91. The van der Waals surface area contributed by atoms with Crippen LogP contribution in [0.3, 0.4) is 0 Å². The van der Waals surface area contributed by atoms with E-state index in [0.717, 1.165) is 22.9 Å². The van der Waals surface area contributed by atoms with Crippen molar-refractivity contribution in [2.45, 2.75) is 6.42 Å². The summed E-state index contributed by atoms with van der Waals surface area (Å²) in [5, 5.41) is 8.42. The molecule has 0 aromatic heterocycles. The molecule has 0 spiro atoms. The summed E-state index contributed by atoms with van der Waals surface area (Å²) in [5.74, 6) is 6.97.